The first-order chi connectivity index (χ1) is 13.4. The van der Waals surface area contributed by atoms with Gasteiger partial charge in [-0.1, -0.05) is 30.3 Å². The molecule has 0 aliphatic carbocycles. The van der Waals surface area contributed by atoms with Crippen molar-refractivity contribution in [3.8, 4) is 0 Å². The molecule has 3 atom stereocenters. The van der Waals surface area contributed by atoms with Crippen LogP contribution in [-0.4, -0.2) is 52.2 Å². The van der Waals surface area contributed by atoms with E-state index in [-0.39, 0.29) is 24.4 Å². The topological polar surface area (TPSA) is 69.7 Å². The van der Waals surface area contributed by atoms with E-state index in [0.29, 0.717) is 23.1 Å². The zero-order valence-electron chi connectivity index (χ0n) is 16.5. The third-order valence-corrected chi connectivity index (χ3v) is 7.15. The molecule has 1 N–H and O–H groups in total. The van der Waals surface area contributed by atoms with E-state index in [1.165, 1.54) is 16.9 Å². The van der Waals surface area contributed by atoms with Crippen molar-refractivity contribution in [3.05, 3.63) is 65.7 Å². The maximum absolute atomic E-state index is 13.3. The minimum Gasteiger partial charge on any atom is -0.331 e. The summed E-state index contributed by atoms with van der Waals surface area (Å²) in [5, 5.41) is 3.46. The van der Waals surface area contributed by atoms with Crippen molar-refractivity contribution < 1.29 is 13.2 Å². The van der Waals surface area contributed by atoms with Crippen LogP contribution in [0.5, 0.6) is 0 Å². The molecule has 4 rings (SSSR count). The predicted octanol–water partition coefficient (Wildman–Crippen LogP) is 2.54. The van der Waals surface area contributed by atoms with E-state index in [1.807, 2.05) is 23.1 Å². The Balaban J connectivity index is 0.00000240. The average molecular weight is 436 g/mol. The highest BCUT2D eigenvalue weighted by Crippen LogP contribution is 2.43. The molecule has 0 unspecified atom stereocenters. The molecule has 2 aliphatic heterocycles. The zero-order valence-corrected chi connectivity index (χ0v) is 18.1. The molecule has 2 saturated heterocycles. The Morgan fingerprint density at radius 1 is 1.07 bits per heavy atom. The van der Waals surface area contributed by atoms with E-state index in [1.54, 1.807) is 24.3 Å². The fourth-order valence-electron chi connectivity index (χ4n) is 4.38. The maximum atomic E-state index is 13.3. The molecular formula is C21H26ClN3O3S. The van der Waals surface area contributed by atoms with Gasteiger partial charge in [0, 0.05) is 38.2 Å². The van der Waals surface area contributed by atoms with Gasteiger partial charge in [0.2, 0.25) is 10.0 Å². The van der Waals surface area contributed by atoms with Gasteiger partial charge in [-0.05, 0) is 35.7 Å². The van der Waals surface area contributed by atoms with Gasteiger partial charge >= 0.3 is 0 Å². The maximum Gasteiger partial charge on any atom is 0.254 e. The third kappa shape index (κ3) is 4.13. The standard InChI is InChI=1S/C21H25N3O3S.ClH/c1-23(28(2,26)27)18-10-8-16(9-11-18)21(25)24-14-17-12-22-13-19(17)20(24)15-6-4-3-5-7-15;/h3-11,17,19-20,22H,12-14H2,1-2H3;1H/t17-,19-,20+;/m0./s1. The Labute approximate surface area is 178 Å². The van der Waals surface area contributed by atoms with Gasteiger partial charge in [0.15, 0.2) is 0 Å². The van der Waals surface area contributed by atoms with E-state index in [4.69, 9.17) is 0 Å². The summed E-state index contributed by atoms with van der Waals surface area (Å²) in [6.45, 7) is 2.60. The number of likely N-dealkylation sites (tertiary alicyclic amines) is 1. The average Bonchev–Trinajstić information content (AvgIpc) is 3.28. The fourth-order valence-corrected chi connectivity index (χ4v) is 4.88. The number of sulfonamides is 1. The minimum absolute atomic E-state index is 0. The second-order valence-electron chi connectivity index (χ2n) is 7.67. The number of benzene rings is 2. The lowest BCUT2D eigenvalue weighted by molar-refractivity contribution is 0.0714. The number of halogens is 1. The first kappa shape index (κ1) is 21.6. The summed E-state index contributed by atoms with van der Waals surface area (Å²) in [5.41, 5.74) is 2.29. The lowest BCUT2D eigenvalue weighted by atomic mass is 9.89. The second-order valence-corrected chi connectivity index (χ2v) is 9.69. The monoisotopic (exact) mass is 435 g/mol. The number of rotatable bonds is 4. The third-order valence-electron chi connectivity index (χ3n) is 5.94. The molecule has 0 bridgehead atoms. The number of fused-ring (bicyclic) bond motifs is 1. The molecule has 1 amide bonds. The van der Waals surface area contributed by atoms with Gasteiger partial charge in [0.25, 0.3) is 5.91 Å². The highest BCUT2D eigenvalue weighted by Gasteiger charge is 2.46. The molecule has 0 saturated carbocycles. The molecule has 156 valence electrons. The van der Waals surface area contributed by atoms with Crippen molar-refractivity contribution in [1.29, 1.82) is 0 Å². The molecule has 2 heterocycles. The van der Waals surface area contributed by atoms with Crippen molar-refractivity contribution in [2.24, 2.45) is 11.8 Å². The van der Waals surface area contributed by atoms with Gasteiger partial charge in [0.05, 0.1) is 18.0 Å². The largest absolute Gasteiger partial charge is 0.331 e. The number of carbonyl (C=O) groups is 1. The number of anilines is 1. The Hall–Kier alpha value is -2.09. The van der Waals surface area contributed by atoms with Crippen molar-refractivity contribution in [2.75, 3.05) is 37.2 Å². The molecule has 2 fully saturated rings. The van der Waals surface area contributed by atoms with Crippen molar-refractivity contribution >= 4 is 34.0 Å². The second kappa shape index (κ2) is 8.34. The van der Waals surface area contributed by atoms with Crippen LogP contribution in [0.25, 0.3) is 0 Å². The number of hydrogen-bond donors (Lipinski definition) is 1. The predicted molar refractivity (Wildman–Crippen MR) is 117 cm³/mol. The smallest absolute Gasteiger partial charge is 0.254 e. The summed E-state index contributed by atoms with van der Waals surface area (Å²) in [5.74, 6) is 0.878. The SMILES string of the molecule is CN(c1ccc(C(=O)N2C[C@@H]3CNC[C@@H]3[C@H]2c2ccccc2)cc1)S(C)(=O)=O.Cl. The summed E-state index contributed by atoms with van der Waals surface area (Å²) in [6, 6.07) is 17.1. The summed E-state index contributed by atoms with van der Waals surface area (Å²) in [7, 11) is -1.82. The Kier molecular flexibility index (Phi) is 6.22. The van der Waals surface area contributed by atoms with E-state index in [9.17, 15) is 13.2 Å². The van der Waals surface area contributed by atoms with E-state index >= 15 is 0 Å². The number of nitrogens with zero attached hydrogens (tertiary/aromatic N) is 2. The van der Waals surface area contributed by atoms with Gasteiger partial charge in [-0.25, -0.2) is 8.42 Å². The van der Waals surface area contributed by atoms with Gasteiger partial charge < -0.3 is 10.2 Å². The molecule has 0 spiro atoms. The van der Waals surface area contributed by atoms with Crippen LogP contribution < -0.4 is 9.62 Å². The first-order valence-corrected chi connectivity index (χ1v) is 11.3. The molecular weight excluding hydrogens is 410 g/mol. The first-order valence-electron chi connectivity index (χ1n) is 9.47. The highest BCUT2D eigenvalue weighted by molar-refractivity contribution is 7.92. The van der Waals surface area contributed by atoms with Gasteiger partial charge in [-0.15, -0.1) is 12.4 Å². The quantitative estimate of drug-likeness (QED) is 0.801. The van der Waals surface area contributed by atoms with Crippen LogP contribution in [0.3, 0.4) is 0 Å². The van der Waals surface area contributed by atoms with Crippen LogP contribution >= 0.6 is 12.4 Å². The van der Waals surface area contributed by atoms with Crippen LogP contribution in [0.15, 0.2) is 54.6 Å². The van der Waals surface area contributed by atoms with Gasteiger partial charge in [-0.2, -0.15) is 0 Å². The molecule has 2 aliphatic rings. The number of amides is 1. The van der Waals surface area contributed by atoms with Crippen molar-refractivity contribution in [3.63, 3.8) is 0 Å². The van der Waals surface area contributed by atoms with Crippen LogP contribution in [-0.2, 0) is 10.0 Å². The molecule has 29 heavy (non-hydrogen) atoms. The van der Waals surface area contributed by atoms with Crippen LogP contribution in [0, 0.1) is 11.8 Å². The Morgan fingerprint density at radius 2 is 1.72 bits per heavy atom. The highest BCUT2D eigenvalue weighted by atomic mass is 35.5. The van der Waals surface area contributed by atoms with Crippen LogP contribution in [0.4, 0.5) is 5.69 Å². The Morgan fingerprint density at radius 3 is 2.34 bits per heavy atom. The normalized spacial score (nSPS) is 23.4. The van der Waals surface area contributed by atoms with E-state index < -0.39 is 10.0 Å². The van der Waals surface area contributed by atoms with Gasteiger partial charge in [0.1, 0.15) is 0 Å². The molecule has 0 aromatic heterocycles. The number of carbonyl (C=O) groups excluding carboxylic acids is 1. The summed E-state index contributed by atoms with van der Waals surface area (Å²) < 4.78 is 24.6. The molecule has 2 aromatic carbocycles. The minimum atomic E-state index is -3.33. The van der Waals surface area contributed by atoms with Crippen molar-refractivity contribution in [1.82, 2.24) is 10.2 Å². The molecule has 2 aromatic rings. The summed E-state index contributed by atoms with van der Waals surface area (Å²) in [6.07, 6.45) is 1.16. The van der Waals surface area contributed by atoms with E-state index in [0.717, 1.165) is 25.9 Å². The lowest BCUT2D eigenvalue weighted by Gasteiger charge is -2.28. The fraction of sp³-hybridized carbons (Fsp3) is 0.381. The molecule has 6 nitrogen and oxygen atoms in total. The van der Waals surface area contributed by atoms with Gasteiger partial charge in [-0.3, -0.25) is 9.10 Å². The lowest BCUT2D eigenvalue weighted by Crippen LogP contribution is -2.34. The van der Waals surface area contributed by atoms with E-state index in [2.05, 4.69) is 17.4 Å². The summed E-state index contributed by atoms with van der Waals surface area (Å²) in [4.78, 5) is 15.3. The Bertz CT molecular complexity index is 966. The number of nitrogens with one attached hydrogen (secondary N) is 1. The van der Waals surface area contributed by atoms with Crippen LogP contribution in [0.1, 0.15) is 22.0 Å². The zero-order chi connectivity index (χ0) is 19.9. The number of hydrogen-bond acceptors (Lipinski definition) is 4. The molecule has 8 heteroatoms. The molecule has 0 radical (unpaired) electrons. The summed E-state index contributed by atoms with van der Waals surface area (Å²) >= 11 is 0. The van der Waals surface area contributed by atoms with Crippen molar-refractivity contribution in [2.45, 2.75) is 6.04 Å². The van der Waals surface area contributed by atoms with Crippen LogP contribution in [0.2, 0.25) is 0 Å².